The van der Waals surface area contributed by atoms with Gasteiger partial charge in [-0.1, -0.05) is 125 Å². The molecule has 6 rings (SSSR count). The molecule has 0 saturated carbocycles. The van der Waals surface area contributed by atoms with Gasteiger partial charge < -0.3 is 4.90 Å². The lowest BCUT2D eigenvalue weighted by molar-refractivity contribution is 1.30. The zero-order chi connectivity index (χ0) is 23.6. The van der Waals surface area contributed by atoms with Crippen LogP contribution in [0.5, 0.6) is 0 Å². The molecule has 6 aromatic carbocycles. The molecular formula is C33H24BrN. The van der Waals surface area contributed by atoms with Gasteiger partial charge in [0.15, 0.2) is 0 Å². The number of rotatable bonds is 5. The third kappa shape index (κ3) is 3.90. The van der Waals surface area contributed by atoms with Gasteiger partial charge in [-0.15, -0.1) is 0 Å². The van der Waals surface area contributed by atoms with E-state index in [2.05, 4.69) is 154 Å². The number of para-hydroxylation sites is 1. The molecule has 0 aliphatic heterocycles. The fourth-order valence-corrected chi connectivity index (χ4v) is 5.35. The van der Waals surface area contributed by atoms with Gasteiger partial charge in [-0.3, -0.25) is 0 Å². The number of anilines is 3. The average molecular weight is 514 g/mol. The van der Waals surface area contributed by atoms with E-state index in [-0.39, 0.29) is 0 Å². The molecular weight excluding hydrogens is 490 g/mol. The predicted molar refractivity (Wildman–Crippen MR) is 154 cm³/mol. The summed E-state index contributed by atoms with van der Waals surface area (Å²) in [5, 5.41) is 5.82. The molecule has 0 aliphatic rings. The topological polar surface area (TPSA) is 3.24 Å². The summed E-state index contributed by atoms with van der Waals surface area (Å²) in [4.78, 5) is 2.40. The summed E-state index contributed by atoms with van der Waals surface area (Å²) >= 11 is 3.59. The van der Waals surface area contributed by atoms with E-state index < -0.39 is 0 Å². The summed E-state index contributed by atoms with van der Waals surface area (Å²) in [6.45, 7) is 0. The zero-order valence-electron chi connectivity index (χ0n) is 19.2. The van der Waals surface area contributed by atoms with Gasteiger partial charge in [0.25, 0.3) is 0 Å². The number of nitrogens with zero attached hydrogens (tertiary/aromatic N) is 1. The van der Waals surface area contributed by atoms with Gasteiger partial charge in [0.05, 0.1) is 5.69 Å². The van der Waals surface area contributed by atoms with E-state index in [1.54, 1.807) is 0 Å². The quantitative estimate of drug-likeness (QED) is 0.163. The molecule has 0 amide bonds. The molecule has 0 radical (unpaired) electrons. The number of halogens is 1. The highest BCUT2D eigenvalue weighted by atomic mass is 79.9. The maximum Gasteiger partial charge on any atom is 0.0618 e. The maximum atomic E-state index is 3.59. The molecule has 0 unspecified atom stereocenters. The minimum absolute atomic E-state index is 0.844. The van der Waals surface area contributed by atoms with E-state index in [0.29, 0.717) is 0 Å². The predicted octanol–water partition coefficient (Wildman–Crippen LogP) is 10.0. The lowest BCUT2D eigenvalue weighted by Gasteiger charge is -2.29. The third-order valence-corrected chi connectivity index (χ3v) is 7.20. The van der Waals surface area contributed by atoms with Gasteiger partial charge in [-0.25, -0.2) is 0 Å². The largest absolute Gasteiger partial charge is 0.309 e. The van der Waals surface area contributed by atoms with E-state index in [0.717, 1.165) is 16.7 Å². The van der Waals surface area contributed by atoms with Crippen LogP contribution >= 0.6 is 15.9 Å². The first-order valence-corrected chi connectivity index (χ1v) is 13.0. The summed E-state index contributed by atoms with van der Waals surface area (Å²) in [5.74, 6) is 0. The second-order valence-electron chi connectivity index (χ2n) is 8.65. The van der Waals surface area contributed by atoms with Crippen molar-refractivity contribution in [2.45, 2.75) is 5.33 Å². The van der Waals surface area contributed by atoms with Gasteiger partial charge in [0.2, 0.25) is 0 Å². The van der Waals surface area contributed by atoms with Gasteiger partial charge in [-0.2, -0.15) is 0 Å². The summed E-state index contributed by atoms with van der Waals surface area (Å²) in [6.07, 6.45) is 0. The van der Waals surface area contributed by atoms with Gasteiger partial charge in [0.1, 0.15) is 0 Å². The number of hydrogen-bond donors (Lipinski definition) is 0. The van der Waals surface area contributed by atoms with Gasteiger partial charge in [0, 0.05) is 27.5 Å². The molecule has 0 N–H and O–H groups in total. The molecule has 0 saturated heterocycles. The Hall–Kier alpha value is -3.88. The van der Waals surface area contributed by atoms with E-state index in [9.17, 15) is 0 Å². The Morgan fingerprint density at radius 1 is 0.457 bits per heavy atom. The van der Waals surface area contributed by atoms with E-state index in [1.165, 1.54) is 43.9 Å². The SMILES string of the molecule is BrCc1ccc(N(c2ccccc2)c2c3ccccc3c(-c3ccccc3)c3ccccc23)cc1. The highest BCUT2D eigenvalue weighted by Gasteiger charge is 2.21. The normalized spacial score (nSPS) is 11.1. The first-order chi connectivity index (χ1) is 17.3. The van der Waals surface area contributed by atoms with Crippen LogP contribution in [0.1, 0.15) is 5.56 Å². The average Bonchev–Trinajstić information content (AvgIpc) is 2.94. The van der Waals surface area contributed by atoms with Crippen molar-refractivity contribution in [3.8, 4) is 11.1 Å². The number of fused-ring (bicyclic) bond motifs is 2. The van der Waals surface area contributed by atoms with Crippen LogP contribution in [0.15, 0.2) is 133 Å². The molecule has 6 aromatic rings. The van der Waals surface area contributed by atoms with Crippen LogP contribution in [0.4, 0.5) is 17.1 Å². The van der Waals surface area contributed by atoms with E-state index in [4.69, 9.17) is 0 Å². The summed E-state index contributed by atoms with van der Waals surface area (Å²) in [5.41, 5.74) is 7.26. The third-order valence-electron chi connectivity index (χ3n) is 6.55. The fourth-order valence-electron chi connectivity index (χ4n) is 4.98. The Morgan fingerprint density at radius 3 is 1.46 bits per heavy atom. The van der Waals surface area contributed by atoms with Crippen molar-refractivity contribution in [2.24, 2.45) is 0 Å². The Labute approximate surface area is 214 Å². The Balaban J connectivity index is 1.74. The summed E-state index contributed by atoms with van der Waals surface area (Å²) in [7, 11) is 0. The molecule has 0 atom stereocenters. The van der Waals surface area contributed by atoms with Gasteiger partial charge >= 0.3 is 0 Å². The first-order valence-electron chi connectivity index (χ1n) is 11.8. The smallest absolute Gasteiger partial charge is 0.0618 e. The minimum atomic E-state index is 0.844. The van der Waals surface area contributed by atoms with E-state index in [1.807, 2.05) is 0 Å². The lowest BCUT2D eigenvalue weighted by atomic mass is 9.90. The molecule has 0 spiro atoms. The molecule has 1 nitrogen and oxygen atoms in total. The van der Waals surface area contributed by atoms with Crippen molar-refractivity contribution in [2.75, 3.05) is 4.90 Å². The van der Waals surface area contributed by atoms with Crippen molar-refractivity contribution < 1.29 is 0 Å². The van der Waals surface area contributed by atoms with Crippen molar-refractivity contribution in [1.82, 2.24) is 0 Å². The number of hydrogen-bond acceptors (Lipinski definition) is 1. The maximum absolute atomic E-state index is 3.59. The second kappa shape index (κ2) is 9.40. The van der Waals surface area contributed by atoms with Crippen molar-refractivity contribution in [1.29, 1.82) is 0 Å². The van der Waals surface area contributed by atoms with Crippen LogP contribution in [0.2, 0.25) is 0 Å². The lowest BCUT2D eigenvalue weighted by Crippen LogP contribution is -2.11. The van der Waals surface area contributed by atoms with Crippen molar-refractivity contribution >= 4 is 54.5 Å². The zero-order valence-corrected chi connectivity index (χ0v) is 20.8. The summed E-state index contributed by atoms with van der Waals surface area (Å²) in [6, 6.07) is 47.8. The Bertz CT molecular complexity index is 1550. The van der Waals surface area contributed by atoms with E-state index >= 15 is 0 Å². The summed E-state index contributed by atoms with van der Waals surface area (Å²) < 4.78 is 0. The molecule has 0 aliphatic carbocycles. The fraction of sp³-hybridized carbons (Fsp3) is 0.0303. The highest BCUT2D eigenvalue weighted by Crippen LogP contribution is 2.47. The number of benzene rings is 6. The Kier molecular flexibility index (Phi) is 5.81. The molecule has 2 heteroatoms. The van der Waals surface area contributed by atoms with Crippen LogP contribution in [-0.4, -0.2) is 0 Å². The van der Waals surface area contributed by atoms with Crippen LogP contribution in [0.3, 0.4) is 0 Å². The second-order valence-corrected chi connectivity index (χ2v) is 9.21. The van der Waals surface area contributed by atoms with Crippen LogP contribution in [0, 0.1) is 0 Å². The molecule has 168 valence electrons. The van der Waals surface area contributed by atoms with Crippen LogP contribution in [0.25, 0.3) is 32.7 Å². The Morgan fingerprint density at radius 2 is 0.914 bits per heavy atom. The van der Waals surface area contributed by atoms with Crippen molar-refractivity contribution in [3.05, 3.63) is 139 Å². The van der Waals surface area contributed by atoms with Gasteiger partial charge in [-0.05, 0) is 51.7 Å². The first kappa shape index (κ1) is 21.6. The monoisotopic (exact) mass is 513 g/mol. The van der Waals surface area contributed by atoms with Crippen LogP contribution < -0.4 is 4.90 Å². The highest BCUT2D eigenvalue weighted by molar-refractivity contribution is 9.08. The molecule has 0 aromatic heterocycles. The van der Waals surface area contributed by atoms with Crippen molar-refractivity contribution in [3.63, 3.8) is 0 Å². The van der Waals surface area contributed by atoms with Crippen LogP contribution in [-0.2, 0) is 5.33 Å². The minimum Gasteiger partial charge on any atom is -0.309 e. The molecule has 35 heavy (non-hydrogen) atoms. The number of alkyl halides is 1. The molecule has 0 heterocycles. The molecule has 0 fully saturated rings. The molecule has 0 bridgehead atoms. The standard InChI is InChI=1S/C33H24BrN/c34-23-24-19-21-27(22-20-24)35(26-13-5-2-6-14-26)33-30-17-9-7-15-28(30)32(25-11-3-1-4-12-25)29-16-8-10-18-31(29)33/h1-22H,23H2.